The van der Waals surface area contributed by atoms with Crippen LogP contribution in [-0.4, -0.2) is 0 Å². The van der Waals surface area contributed by atoms with E-state index in [1.165, 1.54) is 26.4 Å². The van der Waals surface area contributed by atoms with Crippen molar-refractivity contribution in [2.24, 2.45) is 0 Å². The minimum absolute atomic E-state index is 0.597. The largest absolute Gasteiger partial charge is 0.488 e. The lowest BCUT2D eigenvalue weighted by molar-refractivity contribution is 0.314. The molecule has 2 heteroatoms. The SMILES string of the molecule is c1ccc(COc2c3ccccc3cc3sccc23)cc1. The second kappa shape index (κ2) is 5.23. The number of benzene rings is 3. The molecular formula is C19H14OS. The Bertz CT molecular complexity index is 893. The monoisotopic (exact) mass is 290 g/mol. The molecule has 0 saturated heterocycles. The first-order chi connectivity index (χ1) is 10.4. The lowest BCUT2D eigenvalue weighted by atomic mass is 10.1. The average Bonchev–Trinajstić information content (AvgIpc) is 3.00. The van der Waals surface area contributed by atoms with Crippen LogP contribution in [0.3, 0.4) is 0 Å². The number of hydrogen-bond acceptors (Lipinski definition) is 2. The van der Waals surface area contributed by atoms with E-state index in [-0.39, 0.29) is 0 Å². The first-order valence-electron chi connectivity index (χ1n) is 6.97. The van der Waals surface area contributed by atoms with Crippen LogP contribution in [0.5, 0.6) is 5.75 Å². The van der Waals surface area contributed by atoms with Crippen LogP contribution in [0.25, 0.3) is 20.9 Å². The fraction of sp³-hybridized carbons (Fsp3) is 0.0526. The Hall–Kier alpha value is -2.32. The molecule has 21 heavy (non-hydrogen) atoms. The number of ether oxygens (including phenoxy) is 1. The number of fused-ring (bicyclic) bond motifs is 2. The van der Waals surface area contributed by atoms with E-state index in [1.54, 1.807) is 11.3 Å². The quantitative estimate of drug-likeness (QED) is 0.475. The topological polar surface area (TPSA) is 9.23 Å². The molecule has 0 bridgehead atoms. The molecule has 0 fully saturated rings. The van der Waals surface area contributed by atoms with E-state index in [1.807, 2.05) is 18.2 Å². The van der Waals surface area contributed by atoms with Crippen LogP contribution in [0.2, 0.25) is 0 Å². The Labute approximate surface area is 127 Å². The molecule has 1 nitrogen and oxygen atoms in total. The van der Waals surface area contributed by atoms with Gasteiger partial charge in [0.15, 0.2) is 0 Å². The van der Waals surface area contributed by atoms with Gasteiger partial charge >= 0.3 is 0 Å². The van der Waals surface area contributed by atoms with E-state index in [0.29, 0.717) is 6.61 Å². The molecule has 4 rings (SSSR count). The summed E-state index contributed by atoms with van der Waals surface area (Å²) < 4.78 is 7.46. The van der Waals surface area contributed by atoms with Gasteiger partial charge < -0.3 is 4.74 Å². The molecule has 0 aliphatic heterocycles. The summed E-state index contributed by atoms with van der Waals surface area (Å²) in [6.45, 7) is 0.597. The summed E-state index contributed by atoms with van der Waals surface area (Å²) in [7, 11) is 0. The van der Waals surface area contributed by atoms with Crippen LogP contribution in [-0.2, 0) is 6.61 Å². The molecule has 0 unspecified atom stereocenters. The summed E-state index contributed by atoms with van der Waals surface area (Å²) in [6.07, 6.45) is 0. The van der Waals surface area contributed by atoms with Gasteiger partial charge in [-0.25, -0.2) is 0 Å². The Kier molecular flexibility index (Phi) is 3.09. The first-order valence-corrected chi connectivity index (χ1v) is 7.85. The summed E-state index contributed by atoms with van der Waals surface area (Å²) in [5.74, 6) is 0.994. The highest BCUT2D eigenvalue weighted by atomic mass is 32.1. The normalized spacial score (nSPS) is 11.0. The Morgan fingerprint density at radius 3 is 2.52 bits per heavy atom. The van der Waals surface area contributed by atoms with Gasteiger partial charge in [0.05, 0.1) is 0 Å². The van der Waals surface area contributed by atoms with Gasteiger partial charge in [-0.15, -0.1) is 11.3 Å². The van der Waals surface area contributed by atoms with Crippen molar-refractivity contribution in [2.75, 3.05) is 0 Å². The third-order valence-electron chi connectivity index (χ3n) is 3.66. The minimum atomic E-state index is 0.597. The standard InChI is InChI=1S/C19H14OS/c1-2-6-14(7-3-1)13-20-19-16-9-5-4-8-15(16)12-18-17(19)10-11-21-18/h1-12H,13H2. The molecule has 0 aliphatic carbocycles. The lowest BCUT2D eigenvalue weighted by Crippen LogP contribution is -1.96. The molecule has 1 aromatic heterocycles. The van der Waals surface area contributed by atoms with E-state index in [9.17, 15) is 0 Å². The van der Waals surface area contributed by atoms with Gasteiger partial charge in [0, 0.05) is 15.5 Å². The Morgan fingerprint density at radius 1 is 0.810 bits per heavy atom. The van der Waals surface area contributed by atoms with Gasteiger partial charge in [-0.3, -0.25) is 0 Å². The highest BCUT2D eigenvalue weighted by molar-refractivity contribution is 7.17. The Morgan fingerprint density at radius 2 is 1.62 bits per heavy atom. The molecule has 0 saturated carbocycles. The van der Waals surface area contributed by atoms with Gasteiger partial charge in [0.25, 0.3) is 0 Å². The molecular weight excluding hydrogens is 276 g/mol. The van der Waals surface area contributed by atoms with Gasteiger partial charge in [-0.2, -0.15) is 0 Å². The predicted octanol–water partition coefficient (Wildman–Crippen LogP) is 5.63. The third kappa shape index (κ3) is 2.28. The minimum Gasteiger partial charge on any atom is -0.488 e. The molecule has 1 heterocycles. The van der Waals surface area contributed by atoms with Crippen molar-refractivity contribution in [1.29, 1.82) is 0 Å². The number of hydrogen-bond donors (Lipinski definition) is 0. The second-order valence-corrected chi connectivity index (χ2v) is 5.98. The summed E-state index contributed by atoms with van der Waals surface area (Å²) in [5.41, 5.74) is 1.19. The molecule has 0 atom stereocenters. The van der Waals surface area contributed by atoms with Gasteiger partial charge in [-0.1, -0.05) is 54.6 Å². The molecule has 0 amide bonds. The van der Waals surface area contributed by atoms with E-state index in [2.05, 4.69) is 53.9 Å². The van der Waals surface area contributed by atoms with E-state index in [0.717, 1.165) is 5.75 Å². The van der Waals surface area contributed by atoms with Crippen molar-refractivity contribution in [2.45, 2.75) is 6.61 Å². The van der Waals surface area contributed by atoms with Crippen LogP contribution >= 0.6 is 11.3 Å². The number of rotatable bonds is 3. The van der Waals surface area contributed by atoms with Crippen LogP contribution in [0.4, 0.5) is 0 Å². The van der Waals surface area contributed by atoms with Crippen LogP contribution in [0.15, 0.2) is 72.1 Å². The van der Waals surface area contributed by atoms with Crippen LogP contribution in [0, 0.1) is 0 Å². The van der Waals surface area contributed by atoms with Gasteiger partial charge in [0.2, 0.25) is 0 Å². The number of thiophene rings is 1. The summed E-state index contributed by atoms with van der Waals surface area (Å²) in [6, 6.07) is 23.1. The van der Waals surface area contributed by atoms with Crippen LogP contribution in [0.1, 0.15) is 5.56 Å². The fourth-order valence-corrected chi connectivity index (χ4v) is 3.45. The van der Waals surface area contributed by atoms with E-state index >= 15 is 0 Å². The molecule has 0 N–H and O–H groups in total. The zero-order valence-corrected chi connectivity index (χ0v) is 12.3. The molecule has 0 radical (unpaired) electrons. The summed E-state index contributed by atoms with van der Waals surface area (Å²) in [4.78, 5) is 0. The van der Waals surface area contributed by atoms with Crippen molar-refractivity contribution >= 4 is 32.2 Å². The zero-order valence-electron chi connectivity index (χ0n) is 11.5. The van der Waals surface area contributed by atoms with Crippen molar-refractivity contribution in [1.82, 2.24) is 0 Å². The molecule has 0 aliphatic rings. The van der Waals surface area contributed by atoms with Crippen molar-refractivity contribution < 1.29 is 4.74 Å². The van der Waals surface area contributed by atoms with Crippen molar-refractivity contribution in [3.8, 4) is 5.75 Å². The highest BCUT2D eigenvalue weighted by Gasteiger charge is 2.09. The second-order valence-electron chi connectivity index (χ2n) is 5.03. The molecule has 102 valence electrons. The van der Waals surface area contributed by atoms with Crippen molar-refractivity contribution in [3.63, 3.8) is 0 Å². The smallest absolute Gasteiger partial charge is 0.136 e. The van der Waals surface area contributed by atoms with Crippen molar-refractivity contribution in [3.05, 3.63) is 77.7 Å². The maximum absolute atomic E-state index is 6.18. The third-order valence-corrected chi connectivity index (χ3v) is 4.52. The predicted molar refractivity (Wildman–Crippen MR) is 90.1 cm³/mol. The highest BCUT2D eigenvalue weighted by Crippen LogP contribution is 2.37. The molecule has 4 aromatic rings. The summed E-state index contributed by atoms with van der Waals surface area (Å²) >= 11 is 1.76. The van der Waals surface area contributed by atoms with Gasteiger partial charge in [-0.05, 0) is 28.5 Å². The van der Waals surface area contributed by atoms with E-state index < -0.39 is 0 Å². The molecule has 0 spiro atoms. The zero-order chi connectivity index (χ0) is 14.1. The maximum Gasteiger partial charge on any atom is 0.136 e. The Balaban J connectivity index is 1.82. The maximum atomic E-state index is 6.18. The van der Waals surface area contributed by atoms with Crippen LogP contribution < -0.4 is 4.74 Å². The van der Waals surface area contributed by atoms with Gasteiger partial charge in [0.1, 0.15) is 12.4 Å². The van der Waals surface area contributed by atoms with E-state index in [4.69, 9.17) is 4.74 Å². The average molecular weight is 290 g/mol. The summed E-state index contributed by atoms with van der Waals surface area (Å²) in [5, 5.41) is 5.74. The lowest BCUT2D eigenvalue weighted by Gasteiger charge is -2.11. The first kappa shape index (κ1) is 12.4. The molecule has 3 aromatic carbocycles. The fourth-order valence-electron chi connectivity index (χ4n) is 2.62.